The molecule has 0 saturated heterocycles. The van der Waals surface area contributed by atoms with Crippen LogP contribution in [0.5, 0.6) is 0 Å². The van der Waals surface area contributed by atoms with Crippen molar-refractivity contribution in [2.24, 2.45) is 0 Å². The fraction of sp³-hybridized carbons (Fsp3) is 0. The average Bonchev–Trinajstić information content (AvgIpc) is 2.19. The molecule has 0 amide bonds. The van der Waals surface area contributed by atoms with E-state index in [0.717, 1.165) is 10.0 Å². The van der Waals surface area contributed by atoms with Gasteiger partial charge in [-0.2, -0.15) is 4.39 Å². The molecule has 0 aliphatic carbocycles. The zero-order chi connectivity index (χ0) is 9.97. The van der Waals surface area contributed by atoms with Crippen molar-refractivity contribution in [1.82, 2.24) is 4.98 Å². The lowest BCUT2D eigenvalue weighted by molar-refractivity contribution is 0.586. The molecule has 2 rings (SSSR count). The van der Waals surface area contributed by atoms with Crippen LogP contribution < -0.4 is 0 Å². The molecule has 1 nitrogen and oxygen atoms in total. The summed E-state index contributed by atoms with van der Waals surface area (Å²) in [5.41, 5.74) is 1.33. The van der Waals surface area contributed by atoms with Crippen LogP contribution in [0.15, 0.2) is 47.1 Å². The van der Waals surface area contributed by atoms with Crippen molar-refractivity contribution in [3.63, 3.8) is 0 Å². The quantitative estimate of drug-likeness (QED) is 0.706. The van der Waals surface area contributed by atoms with Crippen LogP contribution in [0.1, 0.15) is 0 Å². The maximum Gasteiger partial charge on any atom is 0.221 e. The van der Waals surface area contributed by atoms with Crippen LogP contribution in [0.2, 0.25) is 0 Å². The molecule has 0 aliphatic rings. The number of hydrogen-bond donors (Lipinski definition) is 0. The topological polar surface area (TPSA) is 12.9 Å². The van der Waals surface area contributed by atoms with Crippen LogP contribution >= 0.6 is 15.9 Å². The molecule has 0 unspecified atom stereocenters. The van der Waals surface area contributed by atoms with E-state index in [-0.39, 0.29) is 0 Å². The average molecular weight is 252 g/mol. The molecule has 0 spiro atoms. The van der Waals surface area contributed by atoms with Crippen LogP contribution in [0.3, 0.4) is 0 Å². The van der Waals surface area contributed by atoms with Gasteiger partial charge < -0.3 is 0 Å². The van der Waals surface area contributed by atoms with Gasteiger partial charge in [-0.15, -0.1) is 0 Å². The zero-order valence-corrected chi connectivity index (χ0v) is 8.83. The molecular formula is C11H7BrFN. The molecule has 0 aliphatic heterocycles. The van der Waals surface area contributed by atoms with E-state index < -0.39 is 5.95 Å². The van der Waals surface area contributed by atoms with Crippen molar-refractivity contribution in [1.29, 1.82) is 0 Å². The summed E-state index contributed by atoms with van der Waals surface area (Å²) in [5, 5.41) is 0. The minimum atomic E-state index is -0.453. The monoisotopic (exact) mass is 251 g/mol. The third-order valence-corrected chi connectivity index (χ3v) is 2.58. The summed E-state index contributed by atoms with van der Waals surface area (Å²) >= 11 is 3.30. The smallest absolute Gasteiger partial charge is 0.221 e. The number of hydrogen-bond acceptors (Lipinski definition) is 1. The predicted octanol–water partition coefficient (Wildman–Crippen LogP) is 3.65. The molecule has 0 N–H and O–H groups in total. The van der Waals surface area contributed by atoms with Crippen LogP contribution in [0.4, 0.5) is 4.39 Å². The Bertz CT molecular complexity index is 422. The number of pyridine rings is 1. The van der Waals surface area contributed by atoms with Gasteiger partial charge in [0, 0.05) is 10.7 Å². The Hall–Kier alpha value is -1.22. The largest absolute Gasteiger partial charge is 0.228 e. The molecule has 14 heavy (non-hydrogen) atoms. The van der Waals surface area contributed by atoms with Gasteiger partial charge in [-0.05, 0) is 27.6 Å². The van der Waals surface area contributed by atoms with E-state index in [1.807, 2.05) is 30.3 Å². The fourth-order valence-electron chi connectivity index (χ4n) is 1.28. The van der Waals surface area contributed by atoms with Crippen LogP contribution in [0.25, 0.3) is 11.1 Å². The lowest BCUT2D eigenvalue weighted by Gasteiger charge is -2.04. The maximum atomic E-state index is 13.4. The molecule has 1 heterocycles. The van der Waals surface area contributed by atoms with Gasteiger partial charge in [0.05, 0.1) is 5.56 Å². The minimum absolute atomic E-state index is 0.453. The van der Waals surface area contributed by atoms with Crippen molar-refractivity contribution in [2.45, 2.75) is 0 Å². The highest BCUT2D eigenvalue weighted by molar-refractivity contribution is 9.10. The maximum absolute atomic E-state index is 13.4. The minimum Gasteiger partial charge on any atom is -0.228 e. The van der Waals surface area contributed by atoms with Gasteiger partial charge in [-0.25, -0.2) is 4.98 Å². The lowest BCUT2D eigenvalue weighted by Crippen LogP contribution is -1.89. The van der Waals surface area contributed by atoms with E-state index >= 15 is 0 Å². The second-order valence-corrected chi connectivity index (χ2v) is 3.68. The van der Waals surface area contributed by atoms with Gasteiger partial charge >= 0.3 is 0 Å². The van der Waals surface area contributed by atoms with Gasteiger partial charge in [0.25, 0.3) is 0 Å². The molecule has 1 aromatic carbocycles. The molecule has 2 aromatic rings. The molecule has 0 radical (unpaired) electrons. The lowest BCUT2D eigenvalue weighted by atomic mass is 10.1. The highest BCUT2D eigenvalue weighted by atomic mass is 79.9. The third-order valence-electron chi connectivity index (χ3n) is 1.92. The molecule has 0 bridgehead atoms. The predicted molar refractivity (Wildman–Crippen MR) is 57.3 cm³/mol. The SMILES string of the molecule is Fc1nccc(Br)c1-c1ccccc1. The Morgan fingerprint density at radius 1 is 1.07 bits per heavy atom. The number of nitrogens with zero attached hydrogens (tertiary/aromatic N) is 1. The Morgan fingerprint density at radius 3 is 2.43 bits per heavy atom. The normalized spacial score (nSPS) is 10.1. The summed E-state index contributed by atoms with van der Waals surface area (Å²) in [5.74, 6) is -0.453. The van der Waals surface area contributed by atoms with Crippen molar-refractivity contribution in [3.05, 3.63) is 53.0 Å². The highest BCUT2D eigenvalue weighted by Gasteiger charge is 2.08. The molecule has 0 fully saturated rings. The van der Waals surface area contributed by atoms with E-state index in [1.54, 1.807) is 6.07 Å². The van der Waals surface area contributed by atoms with E-state index in [1.165, 1.54) is 6.20 Å². The van der Waals surface area contributed by atoms with Gasteiger partial charge in [0.15, 0.2) is 0 Å². The summed E-state index contributed by atoms with van der Waals surface area (Å²) in [6, 6.07) is 11.1. The van der Waals surface area contributed by atoms with Crippen LogP contribution in [-0.4, -0.2) is 4.98 Å². The van der Waals surface area contributed by atoms with E-state index in [9.17, 15) is 4.39 Å². The second-order valence-electron chi connectivity index (χ2n) is 2.82. The Labute approximate surface area is 89.7 Å². The summed E-state index contributed by atoms with van der Waals surface area (Å²) in [4.78, 5) is 3.62. The van der Waals surface area contributed by atoms with Crippen LogP contribution in [0, 0.1) is 5.95 Å². The first-order chi connectivity index (χ1) is 6.79. The first-order valence-electron chi connectivity index (χ1n) is 4.14. The second kappa shape index (κ2) is 3.88. The summed E-state index contributed by atoms with van der Waals surface area (Å²) in [7, 11) is 0. The number of aromatic nitrogens is 1. The molecule has 1 aromatic heterocycles. The molecule has 0 atom stereocenters. The Morgan fingerprint density at radius 2 is 1.79 bits per heavy atom. The highest BCUT2D eigenvalue weighted by Crippen LogP contribution is 2.28. The van der Waals surface area contributed by atoms with E-state index in [4.69, 9.17) is 0 Å². The van der Waals surface area contributed by atoms with Crippen LogP contribution in [-0.2, 0) is 0 Å². The molecule has 3 heteroatoms. The van der Waals surface area contributed by atoms with Crippen molar-refractivity contribution in [3.8, 4) is 11.1 Å². The van der Waals surface area contributed by atoms with E-state index in [0.29, 0.717) is 5.56 Å². The van der Waals surface area contributed by atoms with Gasteiger partial charge in [0.1, 0.15) is 0 Å². The third kappa shape index (κ3) is 1.68. The molecule has 0 saturated carbocycles. The number of rotatable bonds is 1. The number of benzene rings is 1. The summed E-state index contributed by atoms with van der Waals surface area (Å²) in [6.07, 6.45) is 1.44. The van der Waals surface area contributed by atoms with Gasteiger partial charge in [-0.1, -0.05) is 30.3 Å². The number of halogens is 2. The van der Waals surface area contributed by atoms with Gasteiger partial charge in [-0.3, -0.25) is 0 Å². The van der Waals surface area contributed by atoms with Crippen molar-refractivity contribution in [2.75, 3.05) is 0 Å². The Balaban J connectivity index is 2.63. The van der Waals surface area contributed by atoms with Crippen molar-refractivity contribution >= 4 is 15.9 Å². The first-order valence-corrected chi connectivity index (χ1v) is 4.94. The van der Waals surface area contributed by atoms with E-state index in [2.05, 4.69) is 20.9 Å². The first kappa shape index (κ1) is 9.34. The van der Waals surface area contributed by atoms with Crippen molar-refractivity contribution < 1.29 is 4.39 Å². The summed E-state index contributed by atoms with van der Waals surface area (Å²) < 4.78 is 14.1. The zero-order valence-electron chi connectivity index (χ0n) is 7.24. The molecule has 70 valence electrons. The Kier molecular flexibility index (Phi) is 2.59. The van der Waals surface area contributed by atoms with Gasteiger partial charge in [0.2, 0.25) is 5.95 Å². The fourth-order valence-corrected chi connectivity index (χ4v) is 1.79. The standard InChI is InChI=1S/C11H7BrFN/c12-9-6-7-14-11(13)10(9)8-4-2-1-3-5-8/h1-7H. The summed E-state index contributed by atoms with van der Waals surface area (Å²) in [6.45, 7) is 0. The molecular weight excluding hydrogens is 245 g/mol.